The van der Waals surface area contributed by atoms with Crippen molar-refractivity contribution in [1.29, 1.82) is 0 Å². The number of H-pyrrole nitrogens is 1. The summed E-state index contributed by atoms with van der Waals surface area (Å²) in [4.78, 5) is 27.0. The van der Waals surface area contributed by atoms with E-state index in [0.29, 0.717) is 35.7 Å². The van der Waals surface area contributed by atoms with Crippen molar-refractivity contribution in [3.05, 3.63) is 59.2 Å². The van der Waals surface area contributed by atoms with Gasteiger partial charge in [-0.2, -0.15) is 5.10 Å². The number of likely N-dealkylation sites (tertiary alicyclic amines) is 1. The molecule has 1 saturated heterocycles. The van der Waals surface area contributed by atoms with Crippen molar-refractivity contribution in [2.75, 3.05) is 11.9 Å². The Morgan fingerprint density at radius 1 is 1.29 bits per heavy atom. The lowest BCUT2D eigenvalue weighted by atomic mass is 10.1. The zero-order chi connectivity index (χ0) is 19.7. The lowest BCUT2D eigenvalue weighted by Gasteiger charge is -2.26. The van der Waals surface area contributed by atoms with Crippen LogP contribution in [0.4, 0.5) is 5.69 Å². The number of aliphatic hydroxyl groups excluding tert-OH is 1. The first-order chi connectivity index (χ1) is 13.5. The van der Waals surface area contributed by atoms with E-state index in [4.69, 9.17) is 11.6 Å². The summed E-state index contributed by atoms with van der Waals surface area (Å²) in [6, 6.07) is 11.3. The Morgan fingerprint density at radius 2 is 2.14 bits per heavy atom. The molecule has 0 aliphatic carbocycles. The van der Waals surface area contributed by atoms with E-state index in [1.807, 2.05) is 12.1 Å². The number of nitrogens with one attached hydrogen (secondary N) is 2. The van der Waals surface area contributed by atoms with Gasteiger partial charge in [-0.25, -0.2) is 0 Å². The van der Waals surface area contributed by atoms with Gasteiger partial charge >= 0.3 is 0 Å². The molecule has 0 radical (unpaired) electrons. The third-order valence-corrected chi connectivity index (χ3v) is 5.18. The molecule has 7 nitrogen and oxygen atoms in total. The van der Waals surface area contributed by atoms with Gasteiger partial charge in [-0.3, -0.25) is 14.7 Å². The lowest BCUT2D eigenvalue weighted by Crippen LogP contribution is -2.45. The quantitative estimate of drug-likeness (QED) is 0.629. The highest BCUT2D eigenvalue weighted by atomic mass is 35.5. The molecule has 2 atom stereocenters. The van der Waals surface area contributed by atoms with Crippen molar-refractivity contribution in [1.82, 2.24) is 15.1 Å². The molecule has 2 amide bonds. The molecule has 1 fully saturated rings. The smallest absolute Gasteiger partial charge is 0.256 e. The summed E-state index contributed by atoms with van der Waals surface area (Å²) < 4.78 is 0. The molecule has 0 bridgehead atoms. The number of hydrogen-bond donors (Lipinski definition) is 3. The standard InChI is InChI=1S/C20H19ClN4O3/c21-14-4-1-3-12(9-14)18(26)20(28)25-8-2-5-17(25)19(27)23-15-6-7-16-13(10-15)11-22-24-16/h1,3-4,6-7,9-11,17-18,26H,2,5,8H2,(H,22,24)(H,23,27)/t17-,18-/m1/s1. The molecule has 1 aromatic heterocycles. The van der Waals surface area contributed by atoms with Crippen molar-refractivity contribution in [3.8, 4) is 0 Å². The maximum Gasteiger partial charge on any atom is 0.256 e. The second-order valence-corrected chi connectivity index (χ2v) is 7.24. The molecule has 28 heavy (non-hydrogen) atoms. The molecule has 3 N–H and O–H groups in total. The van der Waals surface area contributed by atoms with Crippen molar-refractivity contribution in [2.24, 2.45) is 0 Å². The highest BCUT2D eigenvalue weighted by molar-refractivity contribution is 6.30. The maximum atomic E-state index is 12.8. The van der Waals surface area contributed by atoms with Crippen molar-refractivity contribution in [3.63, 3.8) is 0 Å². The van der Waals surface area contributed by atoms with Gasteiger partial charge in [-0.05, 0) is 48.7 Å². The van der Waals surface area contributed by atoms with Crippen LogP contribution >= 0.6 is 11.6 Å². The fourth-order valence-electron chi connectivity index (χ4n) is 3.53. The van der Waals surface area contributed by atoms with Crippen LogP contribution in [0.15, 0.2) is 48.7 Å². The van der Waals surface area contributed by atoms with Crippen molar-refractivity contribution in [2.45, 2.75) is 25.0 Å². The fraction of sp³-hybridized carbons (Fsp3) is 0.250. The van der Waals surface area contributed by atoms with E-state index < -0.39 is 18.1 Å². The average molecular weight is 399 g/mol. The van der Waals surface area contributed by atoms with Gasteiger partial charge in [-0.15, -0.1) is 0 Å². The number of aromatic amines is 1. The summed E-state index contributed by atoms with van der Waals surface area (Å²) in [5.41, 5.74) is 1.92. The van der Waals surface area contributed by atoms with Crippen molar-refractivity contribution < 1.29 is 14.7 Å². The molecule has 1 aliphatic rings. The highest BCUT2D eigenvalue weighted by Gasteiger charge is 2.37. The van der Waals surface area contributed by atoms with E-state index in [1.54, 1.807) is 36.5 Å². The monoisotopic (exact) mass is 398 g/mol. The van der Waals surface area contributed by atoms with Gasteiger partial charge < -0.3 is 15.3 Å². The number of benzene rings is 2. The number of carbonyl (C=O) groups is 2. The van der Waals surface area contributed by atoms with E-state index in [9.17, 15) is 14.7 Å². The van der Waals surface area contributed by atoms with Gasteiger partial charge in [-0.1, -0.05) is 23.7 Å². The number of halogens is 1. The summed E-state index contributed by atoms with van der Waals surface area (Å²) in [7, 11) is 0. The molecule has 4 rings (SSSR count). The summed E-state index contributed by atoms with van der Waals surface area (Å²) in [6.45, 7) is 0.426. The van der Waals surface area contributed by atoms with E-state index >= 15 is 0 Å². The molecule has 2 heterocycles. The molecule has 0 saturated carbocycles. The van der Waals surface area contributed by atoms with Gasteiger partial charge in [0.15, 0.2) is 6.10 Å². The molecule has 0 unspecified atom stereocenters. The van der Waals surface area contributed by atoms with Gasteiger partial charge in [0, 0.05) is 22.6 Å². The Hall–Kier alpha value is -2.90. The number of hydrogen-bond acceptors (Lipinski definition) is 4. The second-order valence-electron chi connectivity index (χ2n) is 6.81. The van der Waals surface area contributed by atoms with Crippen LogP contribution in [0.1, 0.15) is 24.5 Å². The first kappa shape index (κ1) is 18.5. The van der Waals surface area contributed by atoms with Crippen LogP contribution in [0, 0.1) is 0 Å². The maximum absolute atomic E-state index is 12.8. The third-order valence-electron chi connectivity index (χ3n) is 4.94. The first-order valence-corrected chi connectivity index (χ1v) is 9.39. The van der Waals surface area contributed by atoms with Crippen LogP contribution in [0.5, 0.6) is 0 Å². The first-order valence-electron chi connectivity index (χ1n) is 9.01. The Balaban J connectivity index is 1.48. The zero-order valence-corrected chi connectivity index (χ0v) is 15.7. The third kappa shape index (κ3) is 3.58. The topological polar surface area (TPSA) is 98.3 Å². The van der Waals surface area contributed by atoms with Crippen LogP contribution in [0.2, 0.25) is 5.02 Å². The number of rotatable bonds is 4. The largest absolute Gasteiger partial charge is 0.378 e. The summed E-state index contributed by atoms with van der Waals surface area (Å²) in [5, 5.41) is 21.5. The van der Waals surface area contributed by atoms with Crippen LogP contribution in [-0.2, 0) is 9.59 Å². The molecule has 3 aromatic rings. The summed E-state index contributed by atoms with van der Waals surface area (Å²) in [6.07, 6.45) is 1.58. The summed E-state index contributed by atoms with van der Waals surface area (Å²) in [5.74, 6) is -0.766. The van der Waals surface area contributed by atoms with Crippen molar-refractivity contribution >= 4 is 40.0 Å². The molecule has 2 aromatic carbocycles. The predicted octanol–water partition coefficient (Wildman–Crippen LogP) is 2.88. The molecular formula is C20H19ClN4O3. The van der Waals surface area contributed by atoms with E-state index in [0.717, 1.165) is 10.9 Å². The minimum absolute atomic E-state index is 0.271. The number of aliphatic hydroxyl groups is 1. The number of carbonyl (C=O) groups excluding carboxylic acids is 2. The number of aromatic nitrogens is 2. The van der Waals surface area contributed by atoms with E-state index in [2.05, 4.69) is 15.5 Å². The Labute approximate surface area is 166 Å². The lowest BCUT2D eigenvalue weighted by molar-refractivity contribution is -0.144. The number of fused-ring (bicyclic) bond motifs is 1. The van der Waals surface area contributed by atoms with E-state index in [-0.39, 0.29) is 5.91 Å². The average Bonchev–Trinajstić information content (AvgIpc) is 3.35. The van der Waals surface area contributed by atoms with Crippen LogP contribution in [-0.4, -0.2) is 44.6 Å². The highest BCUT2D eigenvalue weighted by Crippen LogP contribution is 2.26. The number of nitrogens with zero attached hydrogens (tertiary/aromatic N) is 2. The molecule has 1 aliphatic heterocycles. The molecule has 0 spiro atoms. The van der Waals surface area contributed by atoms with Gasteiger partial charge in [0.25, 0.3) is 5.91 Å². The van der Waals surface area contributed by atoms with Crippen LogP contribution < -0.4 is 5.32 Å². The Morgan fingerprint density at radius 3 is 2.96 bits per heavy atom. The normalized spacial score (nSPS) is 17.6. The van der Waals surface area contributed by atoms with Gasteiger partial charge in [0.2, 0.25) is 5.91 Å². The predicted molar refractivity (Wildman–Crippen MR) is 106 cm³/mol. The van der Waals surface area contributed by atoms with Crippen LogP contribution in [0.25, 0.3) is 10.9 Å². The second kappa shape index (κ2) is 7.61. The number of amides is 2. The van der Waals surface area contributed by atoms with Gasteiger partial charge in [0.1, 0.15) is 6.04 Å². The van der Waals surface area contributed by atoms with Crippen LogP contribution in [0.3, 0.4) is 0 Å². The Kier molecular flexibility index (Phi) is 5.02. The fourth-order valence-corrected chi connectivity index (χ4v) is 3.72. The minimum Gasteiger partial charge on any atom is -0.378 e. The molecular weight excluding hydrogens is 380 g/mol. The Bertz CT molecular complexity index is 1030. The van der Waals surface area contributed by atoms with E-state index in [1.165, 1.54) is 4.90 Å². The minimum atomic E-state index is -1.35. The van der Waals surface area contributed by atoms with Gasteiger partial charge in [0.05, 0.1) is 11.7 Å². The SMILES string of the molecule is O=C(Nc1ccc2[nH]ncc2c1)[C@H]1CCCN1C(=O)[C@H](O)c1cccc(Cl)c1. The zero-order valence-electron chi connectivity index (χ0n) is 14.9. The summed E-state index contributed by atoms with van der Waals surface area (Å²) >= 11 is 5.95. The number of anilines is 1. The molecule has 144 valence electrons. The molecule has 8 heteroatoms.